The van der Waals surface area contributed by atoms with Gasteiger partial charge in [-0.15, -0.1) is 0 Å². The fraction of sp³-hybridized carbons (Fsp3) is 0.375. The van der Waals surface area contributed by atoms with Crippen LogP contribution in [0.2, 0.25) is 0 Å². The highest BCUT2D eigenvalue weighted by Gasteiger charge is 2.29. The lowest BCUT2D eigenvalue weighted by Crippen LogP contribution is -2.38. The van der Waals surface area contributed by atoms with Gasteiger partial charge in [0.1, 0.15) is 6.07 Å². The summed E-state index contributed by atoms with van der Waals surface area (Å²) in [4.78, 5) is 21.5. The number of nitriles is 1. The fourth-order valence-corrected chi connectivity index (χ4v) is 4.55. The molecule has 0 bridgehead atoms. The monoisotopic (exact) mass is 431 g/mol. The summed E-state index contributed by atoms with van der Waals surface area (Å²) in [6, 6.07) is 11.8. The topological polar surface area (TPSA) is 98.5 Å². The van der Waals surface area contributed by atoms with Crippen molar-refractivity contribution in [3.05, 3.63) is 47.9 Å². The number of fused-ring (bicyclic) bond motifs is 1. The van der Waals surface area contributed by atoms with Crippen molar-refractivity contribution >= 4 is 23.2 Å². The number of likely N-dealkylation sites (N-methyl/N-ethyl adjacent to an activating group) is 1. The average molecular weight is 431 g/mol. The summed E-state index contributed by atoms with van der Waals surface area (Å²) in [5.74, 6) is 1.17. The van der Waals surface area contributed by atoms with Crippen molar-refractivity contribution in [1.82, 2.24) is 4.98 Å². The van der Waals surface area contributed by atoms with Crippen LogP contribution in [0.3, 0.4) is 0 Å². The lowest BCUT2D eigenvalue weighted by molar-refractivity contribution is -0.120. The molecule has 8 heteroatoms. The van der Waals surface area contributed by atoms with Gasteiger partial charge in [0.2, 0.25) is 17.5 Å². The average Bonchev–Trinajstić information content (AvgIpc) is 3.58. The lowest BCUT2D eigenvalue weighted by atomic mass is 9.95. The maximum atomic E-state index is 12.9. The minimum atomic E-state index is -0.0835. The van der Waals surface area contributed by atoms with Crippen LogP contribution in [0.4, 0.5) is 17.3 Å². The largest absolute Gasteiger partial charge is 0.459 e. The highest BCUT2D eigenvalue weighted by atomic mass is 16.4. The van der Waals surface area contributed by atoms with E-state index in [4.69, 9.17) is 8.83 Å². The number of hydrogen-bond donors (Lipinski definition) is 1. The minimum absolute atomic E-state index is 0.0417. The molecule has 2 aromatic heterocycles. The molecule has 1 saturated heterocycles. The van der Waals surface area contributed by atoms with Crippen LogP contribution in [0.15, 0.2) is 45.4 Å². The van der Waals surface area contributed by atoms with Crippen LogP contribution in [0.25, 0.3) is 11.7 Å². The molecule has 3 aromatic rings. The van der Waals surface area contributed by atoms with Gasteiger partial charge in [-0.2, -0.15) is 10.2 Å². The van der Waals surface area contributed by atoms with E-state index < -0.39 is 0 Å². The van der Waals surface area contributed by atoms with Gasteiger partial charge in [0, 0.05) is 43.5 Å². The molecule has 32 heavy (non-hydrogen) atoms. The molecule has 1 amide bonds. The molecule has 2 aliphatic rings. The zero-order valence-corrected chi connectivity index (χ0v) is 18.0. The second-order valence-electron chi connectivity index (χ2n) is 8.19. The second kappa shape index (κ2) is 8.42. The first kappa shape index (κ1) is 20.2. The molecule has 0 atom stereocenters. The molecule has 5 rings (SSSR count). The first-order valence-corrected chi connectivity index (χ1v) is 11.0. The van der Waals surface area contributed by atoms with E-state index in [0.29, 0.717) is 43.5 Å². The Morgan fingerprint density at radius 1 is 1.28 bits per heavy atom. The van der Waals surface area contributed by atoms with Crippen LogP contribution in [0.1, 0.15) is 31.0 Å². The van der Waals surface area contributed by atoms with Gasteiger partial charge < -0.3 is 24.0 Å². The van der Waals surface area contributed by atoms with Crippen LogP contribution < -0.4 is 15.1 Å². The van der Waals surface area contributed by atoms with Crippen molar-refractivity contribution in [1.29, 1.82) is 5.26 Å². The van der Waals surface area contributed by atoms with Crippen LogP contribution in [-0.2, 0) is 11.2 Å². The molecule has 0 saturated carbocycles. The number of aromatic nitrogens is 1. The Morgan fingerprint density at radius 2 is 2.12 bits per heavy atom. The number of nitrogens with one attached hydrogen (secondary N) is 1. The van der Waals surface area contributed by atoms with E-state index in [1.165, 1.54) is 17.5 Å². The summed E-state index contributed by atoms with van der Waals surface area (Å²) in [6.45, 7) is 5.39. The van der Waals surface area contributed by atoms with Gasteiger partial charge in [0.25, 0.3) is 5.89 Å². The first-order valence-electron chi connectivity index (χ1n) is 11.0. The quantitative estimate of drug-likeness (QED) is 0.651. The third kappa shape index (κ3) is 3.71. The van der Waals surface area contributed by atoms with Gasteiger partial charge in [-0.1, -0.05) is 6.07 Å². The number of amides is 1. The summed E-state index contributed by atoms with van der Waals surface area (Å²) in [5, 5.41) is 12.6. The van der Waals surface area contributed by atoms with Gasteiger partial charge in [-0.25, -0.2) is 0 Å². The van der Waals surface area contributed by atoms with Crippen LogP contribution >= 0.6 is 0 Å². The first-order chi connectivity index (χ1) is 15.7. The van der Waals surface area contributed by atoms with Crippen molar-refractivity contribution in [3.63, 3.8) is 0 Å². The summed E-state index contributed by atoms with van der Waals surface area (Å²) in [7, 11) is 0. The third-order valence-corrected chi connectivity index (χ3v) is 6.33. The minimum Gasteiger partial charge on any atom is -0.459 e. The van der Waals surface area contributed by atoms with Crippen LogP contribution in [0, 0.1) is 17.2 Å². The number of carbonyl (C=O) groups excluding carboxylic acids is 1. The van der Waals surface area contributed by atoms with Gasteiger partial charge in [-0.05, 0) is 56.0 Å². The molecule has 1 aromatic carbocycles. The van der Waals surface area contributed by atoms with Gasteiger partial charge in [0.15, 0.2) is 5.76 Å². The maximum Gasteiger partial charge on any atom is 0.266 e. The summed E-state index contributed by atoms with van der Waals surface area (Å²) < 4.78 is 11.2. The smallest absolute Gasteiger partial charge is 0.266 e. The number of anilines is 3. The normalized spacial score (nSPS) is 16.1. The molecule has 0 spiro atoms. The van der Waals surface area contributed by atoms with E-state index in [-0.39, 0.29) is 17.5 Å². The molecule has 0 unspecified atom stereocenters. The van der Waals surface area contributed by atoms with E-state index >= 15 is 0 Å². The Hall–Kier alpha value is -3.73. The molecule has 0 aliphatic carbocycles. The number of piperidine rings is 1. The Balaban J connectivity index is 1.23. The number of rotatable bonds is 5. The second-order valence-corrected chi connectivity index (χ2v) is 8.19. The number of nitrogens with zero attached hydrogens (tertiary/aromatic N) is 4. The zero-order valence-electron chi connectivity index (χ0n) is 18.0. The SMILES string of the molecule is CCN1CCc2ccc(NC(=O)C3CCN(c4oc(-c5ccco5)nc4C#N)CC3)cc21. The number of benzene rings is 1. The van der Waals surface area contributed by atoms with Crippen molar-refractivity contribution in [3.8, 4) is 17.7 Å². The predicted molar refractivity (Wildman–Crippen MR) is 121 cm³/mol. The maximum absolute atomic E-state index is 12.9. The Bertz CT molecular complexity index is 1150. The van der Waals surface area contributed by atoms with Crippen molar-refractivity contribution in [2.75, 3.05) is 41.3 Å². The van der Waals surface area contributed by atoms with Crippen molar-refractivity contribution in [2.24, 2.45) is 5.92 Å². The predicted octanol–water partition coefficient (Wildman–Crippen LogP) is 4.04. The summed E-state index contributed by atoms with van der Waals surface area (Å²) in [6.07, 6.45) is 3.96. The van der Waals surface area contributed by atoms with Gasteiger partial charge in [-0.3, -0.25) is 4.79 Å². The Morgan fingerprint density at radius 3 is 2.84 bits per heavy atom. The van der Waals surface area contributed by atoms with Crippen LogP contribution in [0.5, 0.6) is 0 Å². The number of carbonyl (C=O) groups is 1. The standard InChI is InChI=1S/C24H25N5O3/c1-2-28-10-7-16-5-6-18(14-20(16)28)26-22(30)17-8-11-29(12-9-17)24-19(15-25)27-23(32-24)21-4-3-13-31-21/h3-6,13-14,17H,2,7-12H2,1H3,(H,26,30). The van der Waals surface area contributed by atoms with E-state index in [1.54, 1.807) is 12.1 Å². The molecular formula is C24H25N5O3. The van der Waals surface area contributed by atoms with E-state index in [2.05, 4.69) is 40.3 Å². The van der Waals surface area contributed by atoms with E-state index in [1.807, 2.05) is 11.0 Å². The molecule has 1 fully saturated rings. The molecule has 1 N–H and O–H groups in total. The summed E-state index contributed by atoms with van der Waals surface area (Å²) in [5.41, 5.74) is 3.65. The number of hydrogen-bond acceptors (Lipinski definition) is 7. The number of oxazole rings is 1. The fourth-order valence-electron chi connectivity index (χ4n) is 4.55. The lowest BCUT2D eigenvalue weighted by Gasteiger charge is -2.31. The molecule has 0 radical (unpaired) electrons. The van der Waals surface area contributed by atoms with Crippen molar-refractivity contribution in [2.45, 2.75) is 26.2 Å². The Kier molecular flexibility index (Phi) is 5.31. The number of furan rings is 1. The van der Waals surface area contributed by atoms with Crippen LogP contribution in [-0.4, -0.2) is 37.1 Å². The molecular weight excluding hydrogens is 406 g/mol. The summed E-state index contributed by atoms with van der Waals surface area (Å²) >= 11 is 0. The Labute approximate surface area is 186 Å². The molecule has 164 valence electrons. The molecule has 2 aliphatic heterocycles. The highest BCUT2D eigenvalue weighted by Crippen LogP contribution is 2.33. The van der Waals surface area contributed by atoms with Crippen molar-refractivity contribution < 1.29 is 13.6 Å². The molecule has 4 heterocycles. The van der Waals surface area contributed by atoms with Gasteiger partial charge in [0.05, 0.1) is 6.26 Å². The third-order valence-electron chi connectivity index (χ3n) is 6.33. The highest BCUT2D eigenvalue weighted by molar-refractivity contribution is 5.93. The van der Waals surface area contributed by atoms with E-state index in [0.717, 1.165) is 25.2 Å². The van der Waals surface area contributed by atoms with Gasteiger partial charge >= 0.3 is 0 Å². The molecule has 8 nitrogen and oxygen atoms in total. The zero-order chi connectivity index (χ0) is 22.1. The van der Waals surface area contributed by atoms with E-state index in [9.17, 15) is 10.1 Å².